The summed E-state index contributed by atoms with van der Waals surface area (Å²) in [6, 6.07) is 12.1. The number of anilines is 1. The predicted octanol–water partition coefficient (Wildman–Crippen LogP) is 3.04. The van der Waals surface area contributed by atoms with Crippen LogP contribution >= 0.6 is 23.2 Å². The molecule has 24 heavy (non-hydrogen) atoms. The normalized spacial score (nSPS) is 13.2. The third kappa shape index (κ3) is 3.99. The van der Waals surface area contributed by atoms with Crippen molar-refractivity contribution in [2.45, 2.75) is 6.54 Å². The average Bonchev–Trinajstić information content (AvgIpc) is 2.55. The first-order chi connectivity index (χ1) is 11.5. The van der Waals surface area contributed by atoms with E-state index in [1.54, 1.807) is 35.2 Å². The van der Waals surface area contributed by atoms with E-state index in [1.807, 2.05) is 12.1 Å². The van der Waals surface area contributed by atoms with Gasteiger partial charge in [-0.2, -0.15) is 0 Å². The molecule has 5 nitrogen and oxygen atoms in total. The van der Waals surface area contributed by atoms with E-state index >= 15 is 0 Å². The number of nitrogens with zero attached hydrogens (tertiary/aromatic N) is 1. The molecule has 0 fully saturated rings. The summed E-state index contributed by atoms with van der Waals surface area (Å²) in [5, 5.41) is 3.97. The minimum atomic E-state index is -0.407. The van der Waals surface area contributed by atoms with Crippen molar-refractivity contribution >= 4 is 40.8 Å². The molecule has 2 aromatic carbocycles. The van der Waals surface area contributed by atoms with Crippen molar-refractivity contribution in [3.05, 3.63) is 58.1 Å². The number of carbonyl (C=O) groups excluding carboxylic acids is 2. The molecule has 3 rings (SSSR count). The summed E-state index contributed by atoms with van der Waals surface area (Å²) in [6.45, 7) is 0.425. The number of ether oxygens (including phenoxy) is 1. The number of carbonyl (C=O) groups is 2. The second-order valence-electron chi connectivity index (χ2n) is 5.35. The third-order valence-electron chi connectivity index (χ3n) is 3.54. The van der Waals surface area contributed by atoms with Crippen LogP contribution in [0.2, 0.25) is 10.0 Å². The molecule has 1 N–H and O–H groups in total. The highest BCUT2D eigenvalue weighted by atomic mass is 35.5. The molecule has 0 unspecified atom stereocenters. The number of hydrogen-bond donors (Lipinski definition) is 1. The summed E-state index contributed by atoms with van der Waals surface area (Å²) < 4.78 is 5.16. The van der Waals surface area contributed by atoms with E-state index in [1.165, 1.54) is 0 Å². The number of benzene rings is 2. The largest absolute Gasteiger partial charge is 0.423 e. The molecule has 124 valence electrons. The monoisotopic (exact) mass is 364 g/mol. The van der Waals surface area contributed by atoms with E-state index in [4.69, 9.17) is 27.9 Å². The summed E-state index contributed by atoms with van der Waals surface area (Å²) in [7, 11) is 0. The van der Waals surface area contributed by atoms with Gasteiger partial charge in [0.2, 0.25) is 5.91 Å². The Bertz CT molecular complexity index is 778. The lowest BCUT2D eigenvalue weighted by Crippen LogP contribution is -2.43. The molecule has 0 bridgehead atoms. The molecule has 1 aliphatic rings. The molecule has 2 aromatic rings. The van der Waals surface area contributed by atoms with Gasteiger partial charge in [0.15, 0.2) is 5.75 Å². The third-order valence-corrected chi connectivity index (χ3v) is 4.03. The summed E-state index contributed by atoms with van der Waals surface area (Å²) in [5.74, 6) is -0.206. The molecule has 0 aliphatic carbocycles. The summed E-state index contributed by atoms with van der Waals surface area (Å²) in [6.07, 6.45) is 0. The first-order valence-electron chi connectivity index (χ1n) is 7.27. The summed E-state index contributed by atoms with van der Waals surface area (Å²) in [4.78, 5) is 25.5. The van der Waals surface area contributed by atoms with Crippen LogP contribution in [0.5, 0.6) is 5.75 Å². The van der Waals surface area contributed by atoms with Crippen molar-refractivity contribution in [3.63, 3.8) is 0 Å². The number of halogens is 2. The van der Waals surface area contributed by atoms with Crippen LogP contribution < -0.4 is 15.0 Å². The zero-order chi connectivity index (χ0) is 17.1. The Kier molecular flexibility index (Phi) is 4.92. The standard InChI is InChI=1S/C17H14Cl2N2O3/c18-12-3-1-11(2-4-12)8-20-16(22)9-21-10-17(23)24-15-6-5-13(19)7-14(15)21/h1-7H,8-10H2,(H,20,22). The van der Waals surface area contributed by atoms with Crippen LogP contribution in [0.4, 0.5) is 5.69 Å². The highest BCUT2D eigenvalue weighted by Crippen LogP contribution is 2.34. The molecular formula is C17H14Cl2N2O3. The van der Waals surface area contributed by atoms with Gasteiger partial charge in [-0.15, -0.1) is 0 Å². The Morgan fingerprint density at radius 3 is 2.58 bits per heavy atom. The number of hydrogen-bond acceptors (Lipinski definition) is 4. The fourth-order valence-electron chi connectivity index (χ4n) is 2.39. The lowest BCUT2D eigenvalue weighted by molar-refractivity contribution is -0.133. The van der Waals surface area contributed by atoms with Crippen molar-refractivity contribution in [1.82, 2.24) is 5.32 Å². The van der Waals surface area contributed by atoms with Gasteiger partial charge in [-0.25, -0.2) is 4.79 Å². The van der Waals surface area contributed by atoms with Crippen LogP contribution in [-0.4, -0.2) is 25.0 Å². The Labute approximate surface area is 149 Å². The van der Waals surface area contributed by atoms with Gasteiger partial charge in [-0.1, -0.05) is 35.3 Å². The lowest BCUT2D eigenvalue weighted by atomic mass is 10.2. The van der Waals surface area contributed by atoms with Gasteiger partial charge in [0.25, 0.3) is 0 Å². The van der Waals surface area contributed by atoms with Crippen LogP contribution in [-0.2, 0) is 16.1 Å². The molecule has 1 aliphatic heterocycles. The zero-order valence-corrected chi connectivity index (χ0v) is 14.1. The molecule has 0 aromatic heterocycles. The molecule has 0 spiro atoms. The van der Waals surface area contributed by atoms with E-state index in [9.17, 15) is 9.59 Å². The van der Waals surface area contributed by atoms with Gasteiger partial charge in [0, 0.05) is 16.6 Å². The van der Waals surface area contributed by atoms with Crippen molar-refractivity contribution in [2.24, 2.45) is 0 Å². The Hall–Kier alpha value is -2.24. The van der Waals surface area contributed by atoms with Gasteiger partial charge >= 0.3 is 5.97 Å². The van der Waals surface area contributed by atoms with Crippen molar-refractivity contribution in [3.8, 4) is 5.75 Å². The van der Waals surface area contributed by atoms with E-state index in [0.717, 1.165) is 5.56 Å². The van der Waals surface area contributed by atoms with E-state index in [2.05, 4.69) is 5.32 Å². The number of nitrogens with one attached hydrogen (secondary N) is 1. The molecule has 1 amide bonds. The first-order valence-corrected chi connectivity index (χ1v) is 8.03. The van der Waals surface area contributed by atoms with Crippen molar-refractivity contribution in [1.29, 1.82) is 0 Å². The highest BCUT2D eigenvalue weighted by Gasteiger charge is 2.25. The zero-order valence-electron chi connectivity index (χ0n) is 12.6. The molecule has 0 saturated carbocycles. The maximum absolute atomic E-state index is 12.2. The van der Waals surface area contributed by atoms with Crippen molar-refractivity contribution < 1.29 is 14.3 Å². The molecule has 0 saturated heterocycles. The SMILES string of the molecule is O=C(CN1CC(=O)Oc2ccc(Cl)cc21)NCc1ccc(Cl)cc1. The van der Waals surface area contributed by atoms with Gasteiger partial charge in [0.1, 0.15) is 6.54 Å². The van der Waals surface area contributed by atoms with Gasteiger partial charge in [-0.05, 0) is 35.9 Å². The molecular weight excluding hydrogens is 351 g/mol. The first kappa shape index (κ1) is 16.6. The number of rotatable bonds is 4. The minimum Gasteiger partial charge on any atom is -0.423 e. The quantitative estimate of drug-likeness (QED) is 0.669. The van der Waals surface area contributed by atoms with Crippen LogP contribution in [0, 0.1) is 0 Å². The van der Waals surface area contributed by atoms with Crippen LogP contribution in [0.25, 0.3) is 0 Å². The fraction of sp³-hybridized carbons (Fsp3) is 0.176. The summed E-state index contributed by atoms with van der Waals surface area (Å²) >= 11 is 11.8. The maximum Gasteiger partial charge on any atom is 0.331 e. The molecule has 0 radical (unpaired) electrons. The number of amides is 1. The van der Waals surface area contributed by atoms with E-state index in [-0.39, 0.29) is 19.0 Å². The Balaban J connectivity index is 1.65. The number of esters is 1. The lowest BCUT2D eigenvalue weighted by Gasteiger charge is -2.29. The second-order valence-corrected chi connectivity index (χ2v) is 6.22. The van der Waals surface area contributed by atoms with Crippen LogP contribution in [0.3, 0.4) is 0 Å². The van der Waals surface area contributed by atoms with Gasteiger partial charge in [0.05, 0.1) is 12.2 Å². The van der Waals surface area contributed by atoms with Crippen LogP contribution in [0.15, 0.2) is 42.5 Å². The molecule has 1 heterocycles. The smallest absolute Gasteiger partial charge is 0.331 e. The molecule has 7 heteroatoms. The topological polar surface area (TPSA) is 58.6 Å². The highest BCUT2D eigenvalue weighted by molar-refractivity contribution is 6.31. The second kappa shape index (κ2) is 7.11. The minimum absolute atomic E-state index is 0.00169. The number of fused-ring (bicyclic) bond motifs is 1. The van der Waals surface area contributed by atoms with Gasteiger partial charge < -0.3 is 15.0 Å². The Morgan fingerprint density at radius 2 is 1.83 bits per heavy atom. The van der Waals surface area contributed by atoms with Crippen LogP contribution in [0.1, 0.15) is 5.56 Å². The van der Waals surface area contributed by atoms with E-state index in [0.29, 0.717) is 28.0 Å². The summed E-state index contributed by atoms with van der Waals surface area (Å²) in [5.41, 5.74) is 1.57. The van der Waals surface area contributed by atoms with Crippen molar-refractivity contribution in [2.75, 3.05) is 18.0 Å². The average molecular weight is 365 g/mol. The molecule has 0 atom stereocenters. The maximum atomic E-state index is 12.2. The fourth-order valence-corrected chi connectivity index (χ4v) is 2.69. The van der Waals surface area contributed by atoms with E-state index < -0.39 is 5.97 Å². The predicted molar refractivity (Wildman–Crippen MR) is 92.6 cm³/mol. The van der Waals surface area contributed by atoms with Gasteiger partial charge in [-0.3, -0.25) is 4.79 Å². The Morgan fingerprint density at radius 1 is 1.12 bits per heavy atom.